The monoisotopic (exact) mass is 270 g/mol. The van der Waals surface area contributed by atoms with Gasteiger partial charge in [-0.15, -0.1) is 0 Å². The molecule has 1 amide bonds. The largest absolute Gasteiger partial charge is 0.381 e. The molecule has 0 aromatic heterocycles. The lowest BCUT2D eigenvalue weighted by molar-refractivity contribution is -0.136. The molecule has 5 heteroatoms. The van der Waals surface area contributed by atoms with Gasteiger partial charge in [-0.05, 0) is 32.1 Å². The first kappa shape index (κ1) is 14.8. The van der Waals surface area contributed by atoms with Crippen molar-refractivity contribution in [3.63, 3.8) is 0 Å². The van der Waals surface area contributed by atoms with E-state index in [2.05, 4.69) is 0 Å². The topological polar surface area (TPSA) is 64.8 Å². The van der Waals surface area contributed by atoms with E-state index in [1.54, 1.807) is 0 Å². The maximum Gasteiger partial charge on any atom is 0.225 e. The highest BCUT2D eigenvalue weighted by molar-refractivity contribution is 5.76. The molecule has 110 valence electrons. The van der Waals surface area contributed by atoms with Crippen LogP contribution in [-0.2, 0) is 14.3 Å². The number of hydrogen-bond donors (Lipinski definition) is 1. The summed E-state index contributed by atoms with van der Waals surface area (Å²) in [5.74, 6) is 0.196. The maximum absolute atomic E-state index is 12.2. The van der Waals surface area contributed by atoms with Crippen LogP contribution in [-0.4, -0.2) is 55.9 Å². The molecule has 2 aliphatic heterocycles. The van der Waals surface area contributed by atoms with Gasteiger partial charge in [0.25, 0.3) is 0 Å². The van der Waals surface area contributed by atoms with Crippen LogP contribution < -0.4 is 5.73 Å². The molecular formula is C14H26N2O3. The van der Waals surface area contributed by atoms with E-state index in [0.717, 1.165) is 45.4 Å². The number of rotatable bonds is 5. The average molecular weight is 270 g/mol. The van der Waals surface area contributed by atoms with Gasteiger partial charge in [0.1, 0.15) is 0 Å². The molecule has 0 radical (unpaired) electrons. The molecule has 0 saturated carbocycles. The summed E-state index contributed by atoms with van der Waals surface area (Å²) in [6, 6.07) is 0.240. The van der Waals surface area contributed by atoms with Crippen LogP contribution in [0.3, 0.4) is 0 Å². The second kappa shape index (κ2) is 7.82. The number of likely N-dealkylation sites (tertiary alicyclic amines) is 1. The Morgan fingerprint density at radius 3 is 2.79 bits per heavy atom. The quantitative estimate of drug-likeness (QED) is 0.806. The zero-order valence-corrected chi connectivity index (χ0v) is 11.7. The Hall–Kier alpha value is -0.650. The van der Waals surface area contributed by atoms with E-state index in [4.69, 9.17) is 15.2 Å². The summed E-state index contributed by atoms with van der Waals surface area (Å²) >= 11 is 0. The highest BCUT2D eigenvalue weighted by Crippen LogP contribution is 2.17. The van der Waals surface area contributed by atoms with E-state index < -0.39 is 0 Å². The van der Waals surface area contributed by atoms with Crippen molar-refractivity contribution in [2.45, 2.75) is 50.7 Å². The second-order valence-electron chi connectivity index (χ2n) is 5.40. The smallest absolute Gasteiger partial charge is 0.225 e. The lowest BCUT2D eigenvalue weighted by Crippen LogP contribution is -2.47. The minimum atomic E-state index is 0.196. The fourth-order valence-corrected chi connectivity index (χ4v) is 2.87. The summed E-state index contributed by atoms with van der Waals surface area (Å²) < 4.78 is 11.0. The molecule has 2 heterocycles. The van der Waals surface area contributed by atoms with Gasteiger partial charge in [0.15, 0.2) is 0 Å². The first-order chi connectivity index (χ1) is 9.31. The number of amides is 1. The predicted octanol–water partition coefficient (Wildman–Crippen LogP) is 0.912. The van der Waals surface area contributed by atoms with E-state index in [1.807, 2.05) is 4.90 Å². The number of carbonyl (C=O) groups is 1. The number of hydrogen-bond acceptors (Lipinski definition) is 4. The number of piperidine rings is 1. The van der Waals surface area contributed by atoms with E-state index in [9.17, 15) is 4.79 Å². The normalized spacial score (nSPS) is 25.5. The van der Waals surface area contributed by atoms with Crippen molar-refractivity contribution in [2.75, 3.05) is 32.9 Å². The first-order valence-electron chi connectivity index (χ1n) is 7.50. The van der Waals surface area contributed by atoms with Crippen LogP contribution in [0.2, 0.25) is 0 Å². The van der Waals surface area contributed by atoms with Crippen molar-refractivity contribution >= 4 is 5.91 Å². The SMILES string of the molecule is NCC1CCCCN1C(=O)CCOC1CCOCC1. The molecule has 2 saturated heterocycles. The molecule has 0 spiro atoms. The Morgan fingerprint density at radius 1 is 1.26 bits per heavy atom. The van der Waals surface area contributed by atoms with Gasteiger partial charge in [-0.1, -0.05) is 0 Å². The summed E-state index contributed by atoms with van der Waals surface area (Å²) in [6.45, 7) is 3.52. The van der Waals surface area contributed by atoms with Gasteiger partial charge in [-0.3, -0.25) is 4.79 Å². The van der Waals surface area contributed by atoms with Crippen LogP contribution in [0.15, 0.2) is 0 Å². The molecule has 2 fully saturated rings. The zero-order valence-electron chi connectivity index (χ0n) is 11.7. The summed E-state index contributed by atoms with van der Waals surface area (Å²) in [4.78, 5) is 14.1. The van der Waals surface area contributed by atoms with Crippen molar-refractivity contribution in [3.8, 4) is 0 Å². The number of ether oxygens (including phenoxy) is 2. The summed E-state index contributed by atoms with van der Waals surface area (Å²) in [6.07, 6.45) is 5.98. The molecule has 5 nitrogen and oxygen atoms in total. The first-order valence-corrected chi connectivity index (χ1v) is 7.50. The van der Waals surface area contributed by atoms with Gasteiger partial charge in [0.2, 0.25) is 5.91 Å². The minimum absolute atomic E-state index is 0.196. The molecule has 1 atom stereocenters. The van der Waals surface area contributed by atoms with Gasteiger partial charge in [0.05, 0.1) is 19.1 Å². The Bertz CT molecular complexity index is 280. The van der Waals surface area contributed by atoms with E-state index in [1.165, 1.54) is 6.42 Å². The van der Waals surface area contributed by atoms with Crippen molar-refractivity contribution in [3.05, 3.63) is 0 Å². The van der Waals surface area contributed by atoms with Crippen LogP contribution in [0.1, 0.15) is 38.5 Å². The van der Waals surface area contributed by atoms with Gasteiger partial charge in [-0.25, -0.2) is 0 Å². The highest BCUT2D eigenvalue weighted by atomic mass is 16.5. The second-order valence-corrected chi connectivity index (χ2v) is 5.40. The summed E-state index contributed by atoms with van der Waals surface area (Å²) in [5, 5.41) is 0. The molecule has 0 aromatic carbocycles. The van der Waals surface area contributed by atoms with Crippen LogP contribution in [0, 0.1) is 0 Å². The third kappa shape index (κ3) is 4.44. The fourth-order valence-electron chi connectivity index (χ4n) is 2.87. The van der Waals surface area contributed by atoms with Crippen molar-refractivity contribution in [1.29, 1.82) is 0 Å². The third-order valence-corrected chi connectivity index (χ3v) is 4.06. The fraction of sp³-hybridized carbons (Fsp3) is 0.929. The molecule has 0 bridgehead atoms. The van der Waals surface area contributed by atoms with Crippen molar-refractivity contribution in [2.24, 2.45) is 5.73 Å². The molecule has 0 aliphatic carbocycles. The van der Waals surface area contributed by atoms with Gasteiger partial charge in [0, 0.05) is 32.3 Å². The average Bonchev–Trinajstić information content (AvgIpc) is 2.48. The minimum Gasteiger partial charge on any atom is -0.381 e. The molecule has 0 aromatic rings. The summed E-state index contributed by atoms with van der Waals surface area (Å²) in [5.41, 5.74) is 5.74. The highest BCUT2D eigenvalue weighted by Gasteiger charge is 2.25. The molecule has 2 rings (SSSR count). The van der Waals surface area contributed by atoms with E-state index in [0.29, 0.717) is 19.6 Å². The van der Waals surface area contributed by atoms with Crippen molar-refractivity contribution in [1.82, 2.24) is 4.90 Å². The van der Waals surface area contributed by atoms with Crippen molar-refractivity contribution < 1.29 is 14.3 Å². The van der Waals surface area contributed by atoms with Crippen LogP contribution in [0.5, 0.6) is 0 Å². The molecule has 2 N–H and O–H groups in total. The molecular weight excluding hydrogens is 244 g/mol. The van der Waals surface area contributed by atoms with Gasteiger partial charge >= 0.3 is 0 Å². The lowest BCUT2D eigenvalue weighted by Gasteiger charge is -2.35. The maximum atomic E-state index is 12.2. The van der Waals surface area contributed by atoms with Crippen LogP contribution >= 0.6 is 0 Å². The molecule has 19 heavy (non-hydrogen) atoms. The van der Waals surface area contributed by atoms with Gasteiger partial charge in [-0.2, -0.15) is 0 Å². The van der Waals surface area contributed by atoms with Crippen LogP contribution in [0.4, 0.5) is 0 Å². The van der Waals surface area contributed by atoms with E-state index >= 15 is 0 Å². The zero-order chi connectivity index (χ0) is 13.5. The van der Waals surface area contributed by atoms with Gasteiger partial charge < -0.3 is 20.1 Å². The lowest BCUT2D eigenvalue weighted by atomic mass is 10.0. The molecule has 1 unspecified atom stereocenters. The number of nitrogens with two attached hydrogens (primary N) is 1. The Balaban J connectivity index is 1.67. The Labute approximate surface area is 115 Å². The Morgan fingerprint density at radius 2 is 2.05 bits per heavy atom. The number of nitrogens with zero attached hydrogens (tertiary/aromatic N) is 1. The van der Waals surface area contributed by atoms with E-state index in [-0.39, 0.29) is 18.1 Å². The van der Waals surface area contributed by atoms with Crippen LogP contribution in [0.25, 0.3) is 0 Å². The third-order valence-electron chi connectivity index (χ3n) is 4.06. The predicted molar refractivity (Wildman–Crippen MR) is 72.8 cm³/mol. The summed E-state index contributed by atoms with van der Waals surface area (Å²) in [7, 11) is 0. The Kier molecular flexibility index (Phi) is 6.07. The molecule has 2 aliphatic rings. The number of carbonyl (C=O) groups excluding carboxylic acids is 1. The standard InChI is InChI=1S/C14H26N2O3/c15-11-12-3-1-2-7-16(12)14(17)6-10-19-13-4-8-18-9-5-13/h12-13H,1-11,15H2.